The van der Waals surface area contributed by atoms with Crippen molar-refractivity contribution in [2.75, 3.05) is 4.90 Å². The molecule has 2 atom stereocenters. The lowest BCUT2D eigenvalue weighted by Crippen LogP contribution is -2.47. The fraction of sp³-hybridized carbons (Fsp3) is 0.462. The fourth-order valence-electron chi connectivity index (χ4n) is 2.88. The number of piperidine rings is 1. The van der Waals surface area contributed by atoms with Crippen LogP contribution in [-0.4, -0.2) is 16.8 Å². The second kappa shape index (κ2) is 4.16. The predicted molar refractivity (Wildman–Crippen MR) is 70.0 cm³/mol. The Balaban J connectivity index is 2.05. The predicted octanol–water partition coefficient (Wildman–Crippen LogP) is 2.44. The molecule has 94 valence electrons. The normalized spacial score (nSPS) is 26.9. The number of imide groups is 1. The van der Waals surface area contributed by atoms with Crippen LogP contribution in [0.4, 0.5) is 5.82 Å². The summed E-state index contributed by atoms with van der Waals surface area (Å²) in [7, 11) is 0. The van der Waals surface area contributed by atoms with Gasteiger partial charge in [-0.05, 0) is 53.7 Å². The second-order valence-corrected chi connectivity index (χ2v) is 5.93. The van der Waals surface area contributed by atoms with Crippen molar-refractivity contribution in [2.24, 2.45) is 11.8 Å². The molecule has 1 saturated carbocycles. The number of rotatable bonds is 1. The number of amides is 2. The van der Waals surface area contributed by atoms with Crippen molar-refractivity contribution in [3.63, 3.8) is 0 Å². The standard InChI is InChI=1S/C13H13BrN2O2/c1-7-4-10(14)6-15-11(7)16-12(17)8-2-3-9(5-8)13(16)18/h4,6,8-9H,2-3,5H2,1H3. The number of aryl methyl sites for hydroxylation is 1. The quantitative estimate of drug-likeness (QED) is 0.749. The van der Waals surface area contributed by atoms with Gasteiger partial charge >= 0.3 is 0 Å². The van der Waals surface area contributed by atoms with E-state index in [2.05, 4.69) is 20.9 Å². The van der Waals surface area contributed by atoms with Crippen LogP contribution in [0.2, 0.25) is 0 Å². The van der Waals surface area contributed by atoms with Gasteiger partial charge in [0.05, 0.1) is 0 Å². The van der Waals surface area contributed by atoms with Gasteiger partial charge in [0.2, 0.25) is 11.8 Å². The van der Waals surface area contributed by atoms with Gasteiger partial charge in [-0.2, -0.15) is 0 Å². The lowest BCUT2D eigenvalue weighted by molar-refractivity contribution is -0.133. The molecule has 18 heavy (non-hydrogen) atoms. The maximum atomic E-state index is 12.3. The van der Waals surface area contributed by atoms with Crippen molar-refractivity contribution in [3.8, 4) is 0 Å². The van der Waals surface area contributed by atoms with E-state index in [0.717, 1.165) is 29.3 Å². The van der Waals surface area contributed by atoms with Crippen LogP contribution >= 0.6 is 15.9 Å². The van der Waals surface area contributed by atoms with Crippen LogP contribution < -0.4 is 4.90 Å². The first-order chi connectivity index (χ1) is 8.58. The zero-order valence-corrected chi connectivity index (χ0v) is 11.6. The van der Waals surface area contributed by atoms with Crippen molar-refractivity contribution in [1.82, 2.24) is 4.98 Å². The summed E-state index contributed by atoms with van der Waals surface area (Å²) in [6.45, 7) is 1.87. The number of nitrogens with zero attached hydrogens (tertiary/aromatic N) is 2. The van der Waals surface area contributed by atoms with E-state index in [1.807, 2.05) is 13.0 Å². The summed E-state index contributed by atoms with van der Waals surface area (Å²) in [5.41, 5.74) is 0.840. The van der Waals surface area contributed by atoms with E-state index >= 15 is 0 Å². The maximum absolute atomic E-state index is 12.3. The van der Waals surface area contributed by atoms with Gasteiger partial charge in [-0.1, -0.05) is 0 Å². The molecule has 0 N–H and O–H groups in total. The molecule has 2 amide bonds. The highest BCUT2D eigenvalue weighted by Crippen LogP contribution is 2.40. The number of fused-ring (bicyclic) bond motifs is 2. The van der Waals surface area contributed by atoms with Crippen molar-refractivity contribution < 1.29 is 9.59 Å². The second-order valence-electron chi connectivity index (χ2n) is 5.01. The number of carbonyl (C=O) groups is 2. The molecule has 0 radical (unpaired) electrons. The summed E-state index contributed by atoms with van der Waals surface area (Å²) < 4.78 is 0.851. The zero-order valence-electron chi connectivity index (χ0n) is 10.0. The Bertz CT molecular complexity index is 522. The van der Waals surface area contributed by atoms with Crippen molar-refractivity contribution in [2.45, 2.75) is 26.2 Å². The molecule has 1 aromatic rings. The highest BCUT2D eigenvalue weighted by Gasteiger charge is 2.46. The van der Waals surface area contributed by atoms with Crippen molar-refractivity contribution >= 4 is 33.6 Å². The van der Waals surface area contributed by atoms with E-state index in [-0.39, 0.29) is 23.7 Å². The maximum Gasteiger partial charge on any atom is 0.238 e. The first-order valence-electron chi connectivity index (χ1n) is 6.08. The van der Waals surface area contributed by atoms with Crippen molar-refractivity contribution in [3.05, 3.63) is 22.3 Å². The number of pyridine rings is 1. The minimum atomic E-state index is -0.0772. The van der Waals surface area contributed by atoms with Crippen LogP contribution in [0.15, 0.2) is 16.7 Å². The summed E-state index contributed by atoms with van der Waals surface area (Å²) in [6.07, 6.45) is 4.02. The molecular weight excluding hydrogens is 296 g/mol. The molecule has 3 rings (SSSR count). The lowest BCUT2D eigenvalue weighted by Gasteiger charge is -2.29. The summed E-state index contributed by atoms with van der Waals surface area (Å²) in [5.74, 6) is 0.359. The molecule has 1 saturated heterocycles. The van der Waals surface area contributed by atoms with E-state index in [1.165, 1.54) is 4.90 Å². The molecule has 1 aliphatic carbocycles. The Hall–Kier alpha value is -1.23. The van der Waals surface area contributed by atoms with E-state index in [4.69, 9.17) is 0 Å². The summed E-state index contributed by atoms with van der Waals surface area (Å²) in [6, 6.07) is 1.87. The highest BCUT2D eigenvalue weighted by atomic mass is 79.9. The molecule has 1 aromatic heterocycles. The number of halogens is 1. The number of hydrogen-bond donors (Lipinski definition) is 0. The van der Waals surface area contributed by atoms with Gasteiger partial charge in [-0.3, -0.25) is 9.59 Å². The molecule has 2 heterocycles. The molecular formula is C13H13BrN2O2. The third-order valence-electron chi connectivity index (χ3n) is 3.80. The fourth-order valence-corrected chi connectivity index (χ4v) is 3.33. The zero-order chi connectivity index (χ0) is 12.9. The van der Waals surface area contributed by atoms with Crippen LogP contribution in [0.3, 0.4) is 0 Å². The average Bonchev–Trinajstić information content (AvgIpc) is 2.76. The molecule has 2 fully saturated rings. The average molecular weight is 309 g/mol. The molecule has 0 aromatic carbocycles. The largest absolute Gasteiger partial charge is 0.274 e. The summed E-state index contributed by atoms with van der Waals surface area (Å²) >= 11 is 3.34. The number of hydrogen-bond acceptors (Lipinski definition) is 3. The Morgan fingerprint density at radius 3 is 2.44 bits per heavy atom. The third-order valence-corrected chi connectivity index (χ3v) is 4.23. The van der Waals surface area contributed by atoms with Gasteiger partial charge in [0.15, 0.2) is 0 Å². The monoisotopic (exact) mass is 308 g/mol. The number of carbonyl (C=O) groups excluding carboxylic acids is 2. The number of anilines is 1. The van der Waals surface area contributed by atoms with E-state index < -0.39 is 0 Å². The highest BCUT2D eigenvalue weighted by molar-refractivity contribution is 9.10. The molecule has 4 nitrogen and oxygen atoms in total. The molecule has 1 aliphatic heterocycles. The van der Waals surface area contributed by atoms with Crippen molar-refractivity contribution in [1.29, 1.82) is 0 Å². The van der Waals surface area contributed by atoms with E-state index in [1.54, 1.807) is 6.20 Å². The van der Waals surface area contributed by atoms with Crippen LogP contribution in [0.25, 0.3) is 0 Å². The topological polar surface area (TPSA) is 50.3 Å². The SMILES string of the molecule is Cc1cc(Br)cnc1N1C(=O)C2CCC(C2)C1=O. The van der Waals surface area contributed by atoms with Crippen LogP contribution in [0, 0.1) is 18.8 Å². The Kier molecular flexibility index (Phi) is 2.73. The van der Waals surface area contributed by atoms with Crippen LogP contribution in [0.5, 0.6) is 0 Å². The minimum Gasteiger partial charge on any atom is -0.274 e. The first kappa shape index (κ1) is 11.8. The van der Waals surface area contributed by atoms with Gasteiger partial charge in [-0.25, -0.2) is 9.88 Å². The van der Waals surface area contributed by atoms with Gasteiger partial charge in [0.1, 0.15) is 5.82 Å². The lowest BCUT2D eigenvalue weighted by atomic mass is 9.97. The third kappa shape index (κ3) is 1.68. The Morgan fingerprint density at radius 2 is 1.89 bits per heavy atom. The molecule has 2 bridgehead atoms. The summed E-state index contributed by atoms with van der Waals surface area (Å²) in [4.78, 5) is 30.1. The van der Waals surface area contributed by atoms with Crippen LogP contribution in [-0.2, 0) is 9.59 Å². The van der Waals surface area contributed by atoms with Crippen LogP contribution in [0.1, 0.15) is 24.8 Å². The first-order valence-corrected chi connectivity index (χ1v) is 6.87. The van der Waals surface area contributed by atoms with Gasteiger partial charge in [0.25, 0.3) is 0 Å². The molecule has 5 heteroatoms. The summed E-state index contributed by atoms with van der Waals surface area (Å²) in [5, 5.41) is 0. The minimum absolute atomic E-state index is 0.0116. The van der Waals surface area contributed by atoms with Gasteiger partial charge < -0.3 is 0 Å². The van der Waals surface area contributed by atoms with E-state index in [0.29, 0.717) is 5.82 Å². The van der Waals surface area contributed by atoms with Gasteiger partial charge in [0, 0.05) is 22.5 Å². The molecule has 0 spiro atoms. The van der Waals surface area contributed by atoms with Gasteiger partial charge in [-0.15, -0.1) is 0 Å². The number of aromatic nitrogens is 1. The molecule has 2 unspecified atom stereocenters. The smallest absolute Gasteiger partial charge is 0.238 e. The Morgan fingerprint density at radius 1 is 1.28 bits per heavy atom. The van der Waals surface area contributed by atoms with E-state index in [9.17, 15) is 9.59 Å². The molecule has 2 aliphatic rings. The Labute approximate surface area is 114 Å².